The summed E-state index contributed by atoms with van der Waals surface area (Å²) >= 11 is 0. The van der Waals surface area contributed by atoms with E-state index in [0.717, 1.165) is 0 Å². The van der Waals surface area contributed by atoms with E-state index in [1.165, 1.54) is 0 Å². The second kappa shape index (κ2) is 9.00. The lowest BCUT2D eigenvalue weighted by Crippen LogP contribution is -2.83. The Balaban J connectivity index is 2.08. The molecule has 1 radical (unpaired) electrons. The number of rotatable bonds is 4. The first-order chi connectivity index (χ1) is 14.4. The fourth-order valence-electron chi connectivity index (χ4n) is 4.37. The minimum atomic E-state index is -3.10. The Morgan fingerprint density at radius 1 is 0.742 bits per heavy atom. The largest absolute Gasteiger partial charge is 0.394 e. The molecular formula is C17H29O14. The van der Waals surface area contributed by atoms with Crippen molar-refractivity contribution in [2.75, 3.05) is 19.8 Å². The Bertz CT molecular complexity index is 622. The van der Waals surface area contributed by atoms with Gasteiger partial charge >= 0.3 is 0 Å². The van der Waals surface area contributed by atoms with Gasteiger partial charge in [-0.15, -0.1) is 0 Å². The Labute approximate surface area is 176 Å². The van der Waals surface area contributed by atoms with E-state index in [-0.39, 0.29) is 0 Å². The average molecular weight is 457 g/mol. The van der Waals surface area contributed by atoms with Crippen LogP contribution in [0.3, 0.4) is 0 Å². The minimum absolute atomic E-state index is 0.514. The molecule has 0 aromatic heterocycles. The molecule has 0 aromatic carbocycles. The maximum Gasteiger partial charge on any atom is 0.156 e. The van der Waals surface area contributed by atoms with Gasteiger partial charge in [-0.3, -0.25) is 0 Å². The Morgan fingerprint density at radius 3 is 1.90 bits per heavy atom. The lowest BCUT2D eigenvalue weighted by atomic mass is 9.64. The molecule has 31 heavy (non-hydrogen) atoms. The molecule has 14 nitrogen and oxygen atoms in total. The summed E-state index contributed by atoms with van der Waals surface area (Å²) in [6.07, 6.45) is -20.8. The highest BCUT2D eigenvalue weighted by Crippen LogP contribution is 2.47. The van der Waals surface area contributed by atoms with E-state index in [1.54, 1.807) is 0 Å². The summed E-state index contributed by atoms with van der Waals surface area (Å²) in [5.41, 5.74) is -6.06. The molecule has 0 bridgehead atoms. The van der Waals surface area contributed by atoms with Gasteiger partial charge in [0.25, 0.3) is 0 Å². The number of hydrogen-bond donors (Lipinski definition) is 11. The van der Waals surface area contributed by atoms with Crippen LogP contribution in [0, 0.1) is 6.61 Å². The lowest BCUT2D eigenvalue weighted by Gasteiger charge is -2.60. The van der Waals surface area contributed by atoms with Crippen molar-refractivity contribution in [3.63, 3.8) is 0 Å². The maximum atomic E-state index is 11.6. The van der Waals surface area contributed by atoms with E-state index in [9.17, 15) is 56.2 Å². The van der Waals surface area contributed by atoms with Crippen LogP contribution in [0.2, 0.25) is 0 Å². The van der Waals surface area contributed by atoms with Crippen molar-refractivity contribution in [2.45, 2.75) is 78.3 Å². The smallest absolute Gasteiger partial charge is 0.156 e. The molecule has 181 valence electrons. The summed E-state index contributed by atoms with van der Waals surface area (Å²) in [6, 6.07) is 0. The molecular weight excluding hydrogens is 428 g/mol. The molecule has 3 fully saturated rings. The lowest BCUT2D eigenvalue weighted by molar-refractivity contribution is -0.373. The number of aliphatic hydroxyl groups excluding tert-OH is 9. The van der Waals surface area contributed by atoms with Gasteiger partial charge in [0.15, 0.2) is 11.2 Å². The topological polar surface area (TPSA) is 250 Å². The molecule has 0 spiro atoms. The number of hydrogen-bond acceptors (Lipinski definition) is 14. The van der Waals surface area contributed by atoms with Crippen LogP contribution in [0.4, 0.5) is 0 Å². The normalized spacial score (nSPS) is 56.4. The molecule has 11 N–H and O–H groups in total. The van der Waals surface area contributed by atoms with Crippen molar-refractivity contribution in [3.05, 3.63) is 6.61 Å². The summed E-state index contributed by atoms with van der Waals surface area (Å²) in [4.78, 5) is 0. The third-order valence-corrected chi connectivity index (χ3v) is 6.31. The molecule has 0 unspecified atom stereocenters. The zero-order valence-corrected chi connectivity index (χ0v) is 16.2. The van der Waals surface area contributed by atoms with Gasteiger partial charge in [-0.1, -0.05) is 0 Å². The van der Waals surface area contributed by atoms with Gasteiger partial charge < -0.3 is 70.4 Å². The summed E-state index contributed by atoms with van der Waals surface area (Å²) in [5, 5.41) is 113. The van der Waals surface area contributed by atoms with Crippen LogP contribution >= 0.6 is 0 Å². The van der Waals surface area contributed by atoms with Gasteiger partial charge in [-0.25, -0.2) is 0 Å². The molecule has 0 amide bonds. The van der Waals surface area contributed by atoms with E-state index < -0.39 is 98.2 Å². The fraction of sp³-hybridized carbons (Fsp3) is 0.941. The molecule has 13 atom stereocenters. The average Bonchev–Trinajstić information content (AvgIpc) is 2.74. The SMILES string of the molecule is OC[C@@H]1O[C@H]([C@]2(O)[C@H](O)[C@@H](CO)O[CH][C@@]2(O)[C@@H]2OC[C@@H](O)[C@H](O)[C@H]2O)[C@@H](O)[C@H](O)[C@H]1O. The van der Waals surface area contributed by atoms with E-state index in [1.807, 2.05) is 0 Å². The van der Waals surface area contributed by atoms with Crippen molar-refractivity contribution >= 4 is 0 Å². The second-order valence-corrected chi connectivity index (χ2v) is 8.12. The second-order valence-electron chi connectivity index (χ2n) is 8.12. The quantitative estimate of drug-likeness (QED) is 0.188. The Hall–Kier alpha value is -0.560. The van der Waals surface area contributed by atoms with Crippen molar-refractivity contribution in [2.24, 2.45) is 0 Å². The number of aliphatic hydroxyl groups is 11. The number of ether oxygens (including phenoxy) is 3. The highest BCUT2D eigenvalue weighted by molar-refractivity contribution is 5.24. The predicted octanol–water partition coefficient (Wildman–Crippen LogP) is -7.31. The van der Waals surface area contributed by atoms with Crippen LogP contribution in [-0.4, -0.2) is 154 Å². The van der Waals surface area contributed by atoms with Crippen LogP contribution in [0.25, 0.3) is 0 Å². The first kappa shape index (κ1) is 25.1. The molecule has 0 aromatic rings. The van der Waals surface area contributed by atoms with Crippen LogP contribution in [0.15, 0.2) is 0 Å². The zero-order valence-electron chi connectivity index (χ0n) is 16.2. The van der Waals surface area contributed by atoms with E-state index in [0.29, 0.717) is 6.61 Å². The summed E-state index contributed by atoms with van der Waals surface area (Å²) in [5.74, 6) is 0. The van der Waals surface area contributed by atoms with Gasteiger partial charge in [0.2, 0.25) is 0 Å². The fourth-order valence-corrected chi connectivity index (χ4v) is 4.37. The molecule has 14 heteroatoms. The molecule has 3 aliphatic rings. The molecule has 3 aliphatic heterocycles. The van der Waals surface area contributed by atoms with Crippen LogP contribution < -0.4 is 0 Å². The molecule has 3 rings (SSSR count). The van der Waals surface area contributed by atoms with E-state index in [4.69, 9.17) is 14.2 Å². The van der Waals surface area contributed by atoms with Crippen molar-refractivity contribution < 1.29 is 70.4 Å². The predicted molar refractivity (Wildman–Crippen MR) is 93.7 cm³/mol. The van der Waals surface area contributed by atoms with Gasteiger partial charge in [0, 0.05) is 0 Å². The third kappa shape index (κ3) is 3.70. The molecule has 0 saturated carbocycles. The molecule has 3 heterocycles. The van der Waals surface area contributed by atoms with Gasteiger partial charge in [-0.2, -0.15) is 0 Å². The van der Waals surface area contributed by atoms with E-state index in [2.05, 4.69) is 0 Å². The summed E-state index contributed by atoms with van der Waals surface area (Å²) in [6.45, 7) is -1.87. The van der Waals surface area contributed by atoms with Crippen molar-refractivity contribution in [3.8, 4) is 0 Å². The first-order valence-electron chi connectivity index (χ1n) is 9.65. The van der Waals surface area contributed by atoms with Crippen molar-refractivity contribution in [1.29, 1.82) is 0 Å². The molecule has 3 saturated heterocycles. The standard InChI is InChI=1S/C17H29O14/c18-1-6-9(22)10(23)12(25)15(31-6)17(28)13(26)7(2-19)30-4-16(17,27)14-11(24)8(21)5(20)3-29-14/h4-15,18-28H,1-3H2/t5-,6+,7-,8+,9+,10-,11-,12+,13-,14-,15+,16-,17-/m1/s1. The van der Waals surface area contributed by atoms with Gasteiger partial charge in [-0.05, 0) is 0 Å². The van der Waals surface area contributed by atoms with Gasteiger partial charge in [0.05, 0.1) is 19.8 Å². The van der Waals surface area contributed by atoms with E-state index >= 15 is 0 Å². The van der Waals surface area contributed by atoms with Crippen molar-refractivity contribution in [1.82, 2.24) is 0 Å². The Morgan fingerprint density at radius 2 is 1.32 bits per heavy atom. The van der Waals surface area contributed by atoms with Crippen LogP contribution in [0.5, 0.6) is 0 Å². The molecule has 0 aliphatic carbocycles. The third-order valence-electron chi connectivity index (χ3n) is 6.31. The van der Waals surface area contributed by atoms with Crippen LogP contribution in [0.1, 0.15) is 0 Å². The van der Waals surface area contributed by atoms with Gasteiger partial charge in [0.1, 0.15) is 73.8 Å². The first-order valence-corrected chi connectivity index (χ1v) is 9.65. The zero-order chi connectivity index (χ0) is 23.3. The Kier molecular flexibility index (Phi) is 7.28. The summed E-state index contributed by atoms with van der Waals surface area (Å²) < 4.78 is 15.6. The highest BCUT2D eigenvalue weighted by atomic mass is 16.6. The van der Waals surface area contributed by atoms with Crippen LogP contribution in [-0.2, 0) is 14.2 Å². The maximum absolute atomic E-state index is 11.6. The minimum Gasteiger partial charge on any atom is -0.394 e. The summed E-state index contributed by atoms with van der Waals surface area (Å²) in [7, 11) is 0. The highest BCUT2D eigenvalue weighted by Gasteiger charge is 2.72. The monoisotopic (exact) mass is 457 g/mol.